The number of rotatable bonds is 7. The first-order valence-electron chi connectivity index (χ1n) is 9.99. The molecule has 1 aliphatic heterocycles. The molecule has 0 radical (unpaired) electrons. The second kappa shape index (κ2) is 10.9. The molecular formula is C22H24Cl3N3O3S. The van der Waals surface area contributed by atoms with E-state index in [1.165, 1.54) is 12.1 Å². The zero-order valence-electron chi connectivity index (χ0n) is 17.5. The quantitative estimate of drug-likeness (QED) is 0.516. The number of amides is 1. The van der Waals surface area contributed by atoms with E-state index in [9.17, 15) is 13.2 Å². The molecule has 1 saturated heterocycles. The van der Waals surface area contributed by atoms with E-state index in [4.69, 9.17) is 34.8 Å². The van der Waals surface area contributed by atoms with Crippen LogP contribution >= 0.6 is 34.8 Å². The molecule has 2 aromatic rings. The fourth-order valence-electron chi connectivity index (χ4n) is 3.39. The SMILES string of the molecule is CS(=O)(=O)N(CC(=O)N1CCN(C/C=C/c2ccccc2)CC1)c1cc(Cl)c(Cl)cc1Cl. The van der Waals surface area contributed by atoms with Crippen molar-refractivity contribution in [1.29, 1.82) is 0 Å². The summed E-state index contributed by atoms with van der Waals surface area (Å²) in [5.74, 6) is -0.294. The molecule has 0 atom stereocenters. The second-order valence-electron chi connectivity index (χ2n) is 7.48. The highest BCUT2D eigenvalue weighted by atomic mass is 35.5. The predicted molar refractivity (Wildman–Crippen MR) is 132 cm³/mol. The maximum absolute atomic E-state index is 12.9. The highest BCUT2D eigenvalue weighted by Gasteiger charge is 2.28. The monoisotopic (exact) mass is 515 g/mol. The van der Waals surface area contributed by atoms with Gasteiger partial charge in [0.1, 0.15) is 6.54 Å². The van der Waals surface area contributed by atoms with Crippen molar-refractivity contribution in [2.24, 2.45) is 0 Å². The molecule has 0 bridgehead atoms. The average Bonchev–Trinajstić information content (AvgIpc) is 2.75. The fourth-order valence-corrected chi connectivity index (χ4v) is 4.94. The smallest absolute Gasteiger partial charge is 0.243 e. The van der Waals surface area contributed by atoms with Crippen LogP contribution in [0.4, 0.5) is 5.69 Å². The van der Waals surface area contributed by atoms with Gasteiger partial charge in [0, 0.05) is 32.7 Å². The highest BCUT2D eigenvalue weighted by Crippen LogP contribution is 2.35. The predicted octanol–water partition coefficient (Wildman–Crippen LogP) is 4.27. The van der Waals surface area contributed by atoms with E-state index in [0.717, 1.165) is 22.7 Å². The number of carbonyl (C=O) groups is 1. The van der Waals surface area contributed by atoms with Crippen molar-refractivity contribution in [2.75, 3.05) is 49.8 Å². The number of hydrogen-bond donors (Lipinski definition) is 0. The summed E-state index contributed by atoms with van der Waals surface area (Å²) < 4.78 is 25.7. The number of piperazine rings is 1. The molecule has 6 nitrogen and oxygen atoms in total. The van der Waals surface area contributed by atoms with Crippen LogP contribution < -0.4 is 4.31 Å². The Kier molecular flexibility index (Phi) is 8.47. The largest absolute Gasteiger partial charge is 0.339 e. The van der Waals surface area contributed by atoms with Crippen molar-refractivity contribution in [3.05, 3.63) is 69.2 Å². The van der Waals surface area contributed by atoms with Crippen LogP contribution in [0, 0.1) is 0 Å². The van der Waals surface area contributed by atoms with Crippen LogP contribution in [0.25, 0.3) is 6.08 Å². The maximum atomic E-state index is 12.9. The number of sulfonamides is 1. The summed E-state index contributed by atoms with van der Waals surface area (Å²) in [4.78, 5) is 16.8. The third-order valence-electron chi connectivity index (χ3n) is 5.14. The Bertz CT molecular complexity index is 1090. The molecule has 1 heterocycles. The van der Waals surface area contributed by atoms with Crippen molar-refractivity contribution >= 4 is 62.5 Å². The molecule has 0 spiro atoms. The van der Waals surface area contributed by atoms with Gasteiger partial charge >= 0.3 is 0 Å². The first kappa shape index (κ1) is 24.9. The van der Waals surface area contributed by atoms with E-state index < -0.39 is 10.0 Å². The van der Waals surface area contributed by atoms with Gasteiger partial charge in [-0.3, -0.25) is 14.0 Å². The Hall–Kier alpha value is -1.77. The molecule has 0 saturated carbocycles. The molecular weight excluding hydrogens is 493 g/mol. The lowest BCUT2D eigenvalue weighted by molar-refractivity contribution is -0.131. The zero-order valence-corrected chi connectivity index (χ0v) is 20.6. The molecule has 0 aromatic heterocycles. The van der Waals surface area contributed by atoms with Gasteiger partial charge in [-0.15, -0.1) is 0 Å². The summed E-state index contributed by atoms with van der Waals surface area (Å²) in [5.41, 5.74) is 1.27. The molecule has 1 amide bonds. The minimum absolute atomic E-state index is 0.104. The van der Waals surface area contributed by atoms with Crippen molar-refractivity contribution in [1.82, 2.24) is 9.80 Å². The topological polar surface area (TPSA) is 60.9 Å². The number of carbonyl (C=O) groups excluding carboxylic acids is 1. The van der Waals surface area contributed by atoms with Gasteiger partial charge in [-0.05, 0) is 17.7 Å². The summed E-state index contributed by atoms with van der Waals surface area (Å²) in [6.07, 6.45) is 5.20. The summed E-state index contributed by atoms with van der Waals surface area (Å²) in [6.45, 7) is 2.87. The Morgan fingerprint density at radius 3 is 2.25 bits per heavy atom. The number of benzene rings is 2. The van der Waals surface area contributed by atoms with E-state index >= 15 is 0 Å². The van der Waals surface area contributed by atoms with E-state index in [2.05, 4.69) is 17.1 Å². The van der Waals surface area contributed by atoms with Crippen LogP contribution in [0.1, 0.15) is 5.56 Å². The number of anilines is 1. The fraction of sp³-hybridized carbons (Fsp3) is 0.318. The zero-order chi connectivity index (χ0) is 23.3. The third kappa shape index (κ3) is 6.62. The molecule has 1 aliphatic rings. The molecule has 0 unspecified atom stereocenters. The average molecular weight is 517 g/mol. The van der Waals surface area contributed by atoms with Gasteiger partial charge in [0.2, 0.25) is 15.9 Å². The lowest BCUT2D eigenvalue weighted by Crippen LogP contribution is -2.51. The highest BCUT2D eigenvalue weighted by molar-refractivity contribution is 7.92. The number of hydrogen-bond acceptors (Lipinski definition) is 4. The second-order valence-corrected chi connectivity index (χ2v) is 10.6. The molecule has 172 valence electrons. The normalized spacial score (nSPS) is 15.3. The summed E-state index contributed by atoms with van der Waals surface area (Å²) in [7, 11) is -3.77. The van der Waals surface area contributed by atoms with Gasteiger partial charge in [-0.2, -0.15) is 0 Å². The maximum Gasteiger partial charge on any atom is 0.243 e. The molecule has 2 aromatic carbocycles. The van der Waals surface area contributed by atoms with Crippen molar-refractivity contribution in [2.45, 2.75) is 0 Å². The minimum Gasteiger partial charge on any atom is -0.339 e. The van der Waals surface area contributed by atoms with Crippen LogP contribution in [-0.4, -0.2) is 69.6 Å². The van der Waals surface area contributed by atoms with Crippen LogP contribution in [0.2, 0.25) is 15.1 Å². The lowest BCUT2D eigenvalue weighted by Gasteiger charge is -2.35. The standard InChI is InChI=1S/C22H24Cl3N3O3S/c1-32(30,31)28(21-15-19(24)18(23)14-20(21)25)16-22(29)27-12-10-26(11-13-27)9-5-8-17-6-3-2-4-7-17/h2-8,14-15H,9-13,16H2,1H3/b8-5+. The molecule has 3 rings (SSSR count). The van der Waals surface area contributed by atoms with Crippen LogP contribution in [0.5, 0.6) is 0 Å². The molecule has 1 fully saturated rings. The van der Waals surface area contributed by atoms with Gasteiger partial charge in [0.15, 0.2) is 0 Å². The molecule has 0 aliphatic carbocycles. The minimum atomic E-state index is -3.77. The van der Waals surface area contributed by atoms with E-state index in [1.54, 1.807) is 4.90 Å². The van der Waals surface area contributed by atoms with Crippen molar-refractivity contribution in [3.8, 4) is 0 Å². The van der Waals surface area contributed by atoms with Crippen LogP contribution in [-0.2, 0) is 14.8 Å². The van der Waals surface area contributed by atoms with Crippen molar-refractivity contribution in [3.63, 3.8) is 0 Å². The van der Waals surface area contributed by atoms with Gasteiger partial charge < -0.3 is 4.90 Å². The van der Waals surface area contributed by atoms with Crippen LogP contribution in [0.3, 0.4) is 0 Å². The van der Waals surface area contributed by atoms with Gasteiger partial charge in [0.25, 0.3) is 0 Å². The van der Waals surface area contributed by atoms with Gasteiger partial charge in [0.05, 0.1) is 27.0 Å². The molecule has 32 heavy (non-hydrogen) atoms. The molecule has 0 N–H and O–H groups in total. The van der Waals surface area contributed by atoms with E-state index in [-0.39, 0.29) is 33.2 Å². The third-order valence-corrected chi connectivity index (χ3v) is 7.29. The van der Waals surface area contributed by atoms with Crippen molar-refractivity contribution < 1.29 is 13.2 Å². The van der Waals surface area contributed by atoms with E-state index in [1.807, 2.05) is 30.3 Å². The van der Waals surface area contributed by atoms with E-state index in [0.29, 0.717) is 26.2 Å². The Morgan fingerprint density at radius 1 is 1.00 bits per heavy atom. The Balaban J connectivity index is 1.60. The first-order chi connectivity index (χ1) is 15.1. The molecule has 10 heteroatoms. The van der Waals surface area contributed by atoms with Gasteiger partial charge in [-0.25, -0.2) is 8.42 Å². The summed E-state index contributed by atoms with van der Waals surface area (Å²) in [6, 6.07) is 12.8. The van der Waals surface area contributed by atoms with Gasteiger partial charge in [-0.1, -0.05) is 77.3 Å². The summed E-state index contributed by atoms with van der Waals surface area (Å²) in [5, 5.41) is 0.467. The Morgan fingerprint density at radius 2 is 1.62 bits per heavy atom. The first-order valence-corrected chi connectivity index (χ1v) is 13.0. The summed E-state index contributed by atoms with van der Waals surface area (Å²) >= 11 is 18.2. The van der Waals surface area contributed by atoms with Crippen LogP contribution in [0.15, 0.2) is 48.5 Å². The number of nitrogens with zero attached hydrogens (tertiary/aromatic N) is 3. The lowest BCUT2D eigenvalue weighted by atomic mass is 10.2. The number of halogens is 3. The Labute approximate surface area is 204 Å².